The Morgan fingerprint density at radius 1 is 1.09 bits per heavy atom. The Hall–Kier alpha value is -3.87. The zero-order valence-corrected chi connectivity index (χ0v) is 20.6. The highest BCUT2D eigenvalue weighted by molar-refractivity contribution is 6.46. The number of amides is 1. The van der Waals surface area contributed by atoms with Gasteiger partial charge in [0.15, 0.2) is 0 Å². The number of carbonyl (C=O) groups is 2. The van der Waals surface area contributed by atoms with Crippen molar-refractivity contribution in [2.75, 3.05) is 13.7 Å². The molecule has 182 valence electrons. The minimum absolute atomic E-state index is 0.0360. The number of rotatable bonds is 7. The van der Waals surface area contributed by atoms with E-state index in [1.807, 2.05) is 35.0 Å². The van der Waals surface area contributed by atoms with Crippen molar-refractivity contribution in [2.45, 2.75) is 45.2 Å². The number of aromatic nitrogens is 2. The number of imidazole rings is 1. The number of Topliss-reactive ketones (excluding diaryl/α,β-unsaturated/α-hetero) is 1. The van der Waals surface area contributed by atoms with Crippen molar-refractivity contribution >= 4 is 17.4 Å². The van der Waals surface area contributed by atoms with Gasteiger partial charge in [0.05, 0.1) is 25.1 Å². The summed E-state index contributed by atoms with van der Waals surface area (Å²) < 4.78 is 7.21. The molecule has 1 atom stereocenters. The Labute approximate surface area is 205 Å². The fourth-order valence-electron chi connectivity index (χ4n) is 4.39. The molecule has 2 aromatic carbocycles. The van der Waals surface area contributed by atoms with Crippen LogP contribution in [-0.2, 0) is 21.5 Å². The second-order valence-electron chi connectivity index (χ2n) is 9.75. The van der Waals surface area contributed by atoms with Crippen molar-refractivity contribution in [1.82, 2.24) is 14.5 Å². The van der Waals surface area contributed by atoms with Crippen molar-refractivity contribution < 1.29 is 19.4 Å². The third kappa shape index (κ3) is 4.99. The van der Waals surface area contributed by atoms with Crippen LogP contribution in [0, 0.1) is 0 Å². The van der Waals surface area contributed by atoms with E-state index in [1.54, 1.807) is 41.7 Å². The number of benzene rings is 2. The monoisotopic (exact) mass is 473 g/mol. The number of methoxy groups -OCH3 is 1. The summed E-state index contributed by atoms with van der Waals surface area (Å²) in [5, 5.41) is 11.2. The lowest BCUT2D eigenvalue weighted by Gasteiger charge is -2.26. The highest BCUT2D eigenvalue weighted by Gasteiger charge is 2.45. The number of likely N-dealkylation sites (tertiary alicyclic amines) is 1. The van der Waals surface area contributed by atoms with Crippen LogP contribution < -0.4 is 4.74 Å². The summed E-state index contributed by atoms with van der Waals surface area (Å²) >= 11 is 0. The van der Waals surface area contributed by atoms with E-state index in [-0.39, 0.29) is 16.7 Å². The summed E-state index contributed by atoms with van der Waals surface area (Å²) in [4.78, 5) is 32.0. The molecule has 35 heavy (non-hydrogen) atoms. The highest BCUT2D eigenvalue weighted by Crippen LogP contribution is 2.40. The number of aliphatic hydroxyl groups excluding tert-OH is 1. The number of carbonyl (C=O) groups excluding carboxylic acids is 2. The van der Waals surface area contributed by atoms with Gasteiger partial charge in [-0.1, -0.05) is 57.2 Å². The molecule has 0 spiro atoms. The normalized spacial score (nSPS) is 17.7. The largest absolute Gasteiger partial charge is 0.507 e. The maximum Gasteiger partial charge on any atom is 0.295 e. The zero-order chi connectivity index (χ0) is 25.2. The summed E-state index contributed by atoms with van der Waals surface area (Å²) in [6.07, 6.45) is 5.93. The fourth-order valence-corrected chi connectivity index (χ4v) is 4.39. The predicted molar refractivity (Wildman–Crippen MR) is 134 cm³/mol. The van der Waals surface area contributed by atoms with E-state index >= 15 is 0 Å². The van der Waals surface area contributed by atoms with E-state index in [1.165, 1.54) is 7.11 Å². The lowest BCUT2D eigenvalue weighted by Crippen LogP contribution is -2.31. The lowest BCUT2D eigenvalue weighted by molar-refractivity contribution is -0.139. The van der Waals surface area contributed by atoms with Gasteiger partial charge in [-0.05, 0) is 35.1 Å². The van der Waals surface area contributed by atoms with Crippen LogP contribution in [0.1, 0.15) is 49.9 Å². The summed E-state index contributed by atoms with van der Waals surface area (Å²) in [5.74, 6) is -0.943. The van der Waals surface area contributed by atoms with Gasteiger partial charge in [-0.2, -0.15) is 0 Å². The first kappa shape index (κ1) is 24.3. The van der Waals surface area contributed by atoms with E-state index in [2.05, 4.69) is 25.8 Å². The maximum absolute atomic E-state index is 13.2. The van der Waals surface area contributed by atoms with Crippen molar-refractivity contribution in [3.8, 4) is 5.75 Å². The van der Waals surface area contributed by atoms with Crippen LogP contribution in [-0.4, -0.2) is 44.9 Å². The molecule has 1 fully saturated rings. The molecule has 1 aromatic heterocycles. The molecule has 1 aliphatic heterocycles. The standard InChI is InChI=1S/C28H31N3O4/c1-28(2,3)21-11-9-19(10-12-21)24-23(25(32)20-7-5-8-22(17-20)35-4)26(33)27(34)31(24)15-6-14-30-16-13-29-18-30/h5,7-13,16-18,24,32H,6,14-15H2,1-4H3/b25-23+/t24-/m0/s1. The molecule has 0 aliphatic carbocycles. The number of ether oxygens (including phenoxy) is 1. The second kappa shape index (κ2) is 9.78. The van der Waals surface area contributed by atoms with Gasteiger partial charge in [-0.15, -0.1) is 0 Å². The summed E-state index contributed by atoms with van der Waals surface area (Å²) in [5.41, 5.74) is 2.41. The average molecular weight is 474 g/mol. The van der Waals surface area contributed by atoms with Crippen LogP contribution in [0.2, 0.25) is 0 Å². The fraction of sp³-hybridized carbons (Fsp3) is 0.321. The van der Waals surface area contributed by atoms with Gasteiger partial charge < -0.3 is 19.3 Å². The molecule has 3 aromatic rings. The van der Waals surface area contributed by atoms with Gasteiger partial charge in [0.2, 0.25) is 0 Å². The van der Waals surface area contributed by atoms with E-state index < -0.39 is 17.7 Å². The zero-order valence-electron chi connectivity index (χ0n) is 20.6. The van der Waals surface area contributed by atoms with Gasteiger partial charge >= 0.3 is 0 Å². The highest BCUT2D eigenvalue weighted by atomic mass is 16.5. The lowest BCUT2D eigenvalue weighted by atomic mass is 9.85. The molecule has 1 N–H and O–H groups in total. The molecular weight excluding hydrogens is 442 g/mol. The van der Waals surface area contributed by atoms with E-state index in [4.69, 9.17) is 4.74 Å². The second-order valence-corrected chi connectivity index (χ2v) is 9.75. The topological polar surface area (TPSA) is 84.7 Å². The van der Waals surface area contributed by atoms with Gasteiger partial charge in [-0.3, -0.25) is 9.59 Å². The number of ketones is 1. The molecule has 7 heteroatoms. The van der Waals surface area contributed by atoms with Gasteiger partial charge in [-0.25, -0.2) is 4.98 Å². The molecule has 0 saturated carbocycles. The minimum Gasteiger partial charge on any atom is -0.507 e. The minimum atomic E-state index is -0.683. The Balaban J connectivity index is 1.75. The van der Waals surface area contributed by atoms with Crippen molar-refractivity contribution in [2.24, 2.45) is 0 Å². The van der Waals surface area contributed by atoms with Crippen LogP contribution in [0.3, 0.4) is 0 Å². The van der Waals surface area contributed by atoms with Crippen LogP contribution >= 0.6 is 0 Å². The Morgan fingerprint density at radius 2 is 1.83 bits per heavy atom. The molecule has 0 radical (unpaired) electrons. The molecule has 7 nitrogen and oxygen atoms in total. The van der Waals surface area contributed by atoms with E-state index in [9.17, 15) is 14.7 Å². The van der Waals surface area contributed by atoms with Crippen molar-refractivity contribution in [1.29, 1.82) is 0 Å². The molecule has 1 aliphatic rings. The smallest absolute Gasteiger partial charge is 0.295 e. The number of hydrogen-bond acceptors (Lipinski definition) is 5. The first-order chi connectivity index (χ1) is 16.7. The number of nitrogens with zero attached hydrogens (tertiary/aromatic N) is 3. The van der Waals surface area contributed by atoms with Crippen LogP contribution in [0.25, 0.3) is 5.76 Å². The van der Waals surface area contributed by atoms with Gasteiger partial charge in [0, 0.05) is 31.0 Å². The van der Waals surface area contributed by atoms with Gasteiger partial charge in [0.1, 0.15) is 11.5 Å². The summed E-state index contributed by atoms with van der Waals surface area (Å²) in [6.45, 7) is 7.42. The van der Waals surface area contributed by atoms with Gasteiger partial charge in [0.25, 0.3) is 11.7 Å². The van der Waals surface area contributed by atoms with Crippen LogP contribution in [0.4, 0.5) is 0 Å². The first-order valence-corrected chi connectivity index (χ1v) is 11.7. The Bertz CT molecular complexity index is 1240. The third-order valence-corrected chi connectivity index (χ3v) is 6.35. The maximum atomic E-state index is 13.2. The number of hydrogen-bond donors (Lipinski definition) is 1. The molecule has 4 rings (SSSR count). The van der Waals surface area contributed by atoms with Crippen molar-refractivity contribution in [3.05, 3.63) is 89.5 Å². The third-order valence-electron chi connectivity index (χ3n) is 6.35. The molecule has 2 heterocycles. The molecule has 1 saturated heterocycles. The number of aryl methyl sites for hydroxylation is 1. The quantitative estimate of drug-likeness (QED) is 0.305. The van der Waals surface area contributed by atoms with E-state index in [0.717, 1.165) is 11.1 Å². The Kier molecular flexibility index (Phi) is 6.78. The summed E-state index contributed by atoms with van der Waals surface area (Å²) in [6, 6.07) is 14.1. The predicted octanol–water partition coefficient (Wildman–Crippen LogP) is 4.70. The van der Waals surface area contributed by atoms with Crippen LogP contribution in [0.5, 0.6) is 5.75 Å². The average Bonchev–Trinajstić information content (AvgIpc) is 3.45. The molecule has 1 amide bonds. The van der Waals surface area contributed by atoms with Crippen LogP contribution in [0.15, 0.2) is 72.8 Å². The van der Waals surface area contributed by atoms with E-state index in [0.29, 0.717) is 30.8 Å². The SMILES string of the molecule is COc1cccc(/C(O)=C2\C(=O)C(=O)N(CCCn3ccnc3)[C@H]2c2ccc(C(C)(C)C)cc2)c1. The Morgan fingerprint density at radius 3 is 2.46 bits per heavy atom. The van der Waals surface area contributed by atoms with Crippen molar-refractivity contribution in [3.63, 3.8) is 0 Å². The molecule has 0 unspecified atom stereocenters. The molecule has 0 bridgehead atoms. The number of aliphatic hydroxyl groups is 1. The first-order valence-electron chi connectivity index (χ1n) is 11.7. The molecular formula is C28H31N3O4. The summed E-state index contributed by atoms with van der Waals surface area (Å²) in [7, 11) is 1.54.